The number of carbonyl (C=O) groups is 1. The Balaban J connectivity index is 1.56. The number of nitrogens with zero attached hydrogens (tertiary/aromatic N) is 1. The summed E-state index contributed by atoms with van der Waals surface area (Å²) in [6, 6.07) is 9.88. The van der Waals surface area contributed by atoms with E-state index in [4.69, 9.17) is 4.42 Å². The highest BCUT2D eigenvalue weighted by Gasteiger charge is 2.15. The van der Waals surface area contributed by atoms with Gasteiger partial charge in [0.1, 0.15) is 18.5 Å². The Morgan fingerprint density at radius 2 is 2.12 bits per heavy atom. The molecule has 2 N–H and O–H groups in total. The number of benzene rings is 1. The molecule has 25 heavy (non-hydrogen) atoms. The lowest BCUT2D eigenvalue weighted by Crippen LogP contribution is -3.08. The minimum Gasteiger partial charge on any atom is -0.443 e. The van der Waals surface area contributed by atoms with Gasteiger partial charge >= 0.3 is 0 Å². The molecule has 0 aliphatic rings. The van der Waals surface area contributed by atoms with Crippen molar-refractivity contribution in [1.29, 1.82) is 0 Å². The van der Waals surface area contributed by atoms with Crippen LogP contribution in [0, 0.1) is 13.8 Å². The van der Waals surface area contributed by atoms with Crippen molar-refractivity contribution in [2.45, 2.75) is 20.4 Å². The number of amides is 1. The molecule has 3 aromatic rings. The third kappa shape index (κ3) is 4.35. The van der Waals surface area contributed by atoms with Gasteiger partial charge in [0.25, 0.3) is 5.91 Å². The van der Waals surface area contributed by atoms with E-state index in [1.165, 1.54) is 5.56 Å². The highest BCUT2D eigenvalue weighted by atomic mass is 32.1. The number of anilines is 1. The number of hydrogen-bond donors (Lipinski definition) is 2. The summed E-state index contributed by atoms with van der Waals surface area (Å²) < 4.78 is 5.52. The van der Waals surface area contributed by atoms with Crippen LogP contribution < -0.4 is 10.2 Å². The molecule has 0 bridgehead atoms. The molecule has 0 radical (unpaired) electrons. The molecule has 1 aromatic carbocycles. The molecule has 1 atom stereocenters. The quantitative estimate of drug-likeness (QED) is 0.714. The van der Waals surface area contributed by atoms with Crippen molar-refractivity contribution in [2.75, 3.05) is 18.9 Å². The zero-order valence-corrected chi connectivity index (χ0v) is 15.4. The van der Waals surface area contributed by atoms with Crippen LogP contribution in [0.2, 0.25) is 0 Å². The fourth-order valence-electron chi connectivity index (χ4n) is 2.63. The van der Waals surface area contributed by atoms with Crippen LogP contribution in [0.5, 0.6) is 0 Å². The first-order valence-electron chi connectivity index (χ1n) is 8.18. The minimum atomic E-state index is -0.00632. The number of aromatic nitrogens is 1. The van der Waals surface area contributed by atoms with E-state index < -0.39 is 0 Å². The smallest absolute Gasteiger partial charge is 0.279 e. The first-order valence-corrected chi connectivity index (χ1v) is 9.06. The van der Waals surface area contributed by atoms with Gasteiger partial charge in [0.2, 0.25) is 5.89 Å². The summed E-state index contributed by atoms with van der Waals surface area (Å²) in [4.78, 5) is 18.9. The van der Waals surface area contributed by atoms with E-state index in [0.717, 1.165) is 26.7 Å². The van der Waals surface area contributed by atoms with Gasteiger partial charge in [0, 0.05) is 5.69 Å². The Morgan fingerprint density at radius 3 is 2.88 bits per heavy atom. The van der Waals surface area contributed by atoms with Crippen molar-refractivity contribution in [2.24, 2.45) is 0 Å². The molecule has 2 heterocycles. The van der Waals surface area contributed by atoms with E-state index in [2.05, 4.69) is 10.3 Å². The summed E-state index contributed by atoms with van der Waals surface area (Å²) in [6.07, 6.45) is 1.67. The summed E-state index contributed by atoms with van der Waals surface area (Å²) in [5, 5.41) is 4.99. The van der Waals surface area contributed by atoms with Crippen LogP contribution >= 0.6 is 11.3 Å². The van der Waals surface area contributed by atoms with Crippen molar-refractivity contribution in [3.63, 3.8) is 0 Å². The molecule has 3 rings (SSSR count). The van der Waals surface area contributed by atoms with Crippen LogP contribution in [0.3, 0.4) is 0 Å². The molecule has 0 aliphatic heterocycles. The number of hydrogen-bond acceptors (Lipinski definition) is 4. The van der Waals surface area contributed by atoms with E-state index in [9.17, 15) is 4.79 Å². The third-order valence-corrected chi connectivity index (χ3v) is 4.97. The van der Waals surface area contributed by atoms with Crippen LogP contribution in [0.1, 0.15) is 16.8 Å². The number of carbonyl (C=O) groups excluding carboxylic acids is 1. The summed E-state index contributed by atoms with van der Waals surface area (Å²) in [7, 11) is 1.97. The molecule has 5 nitrogen and oxygen atoms in total. The maximum absolute atomic E-state index is 12.3. The normalized spacial score (nSPS) is 12.1. The van der Waals surface area contributed by atoms with Crippen molar-refractivity contribution < 1.29 is 14.1 Å². The number of aryl methyl sites for hydroxylation is 1. The Hall–Kier alpha value is -2.44. The molecule has 1 amide bonds. The Labute approximate surface area is 151 Å². The monoisotopic (exact) mass is 356 g/mol. The fraction of sp³-hybridized carbons (Fsp3) is 0.263. The summed E-state index contributed by atoms with van der Waals surface area (Å²) in [6.45, 7) is 5.06. The molecule has 130 valence electrons. The Bertz CT molecular complexity index is 855. The molecule has 1 unspecified atom stereocenters. The molecule has 0 aliphatic carbocycles. The molecular weight excluding hydrogens is 334 g/mol. The summed E-state index contributed by atoms with van der Waals surface area (Å²) in [5.41, 5.74) is 3.99. The predicted molar refractivity (Wildman–Crippen MR) is 99.8 cm³/mol. The van der Waals surface area contributed by atoms with Gasteiger partial charge in [-0.2, -0.15) is 0 Å². The SMILES string of the molecule is Cc1cccc(NC(=O)C[NH+](C)Cc2coc(-c3cccs3)n2)c1C. The number of likely N-dealkylation sites (N-methyl/N-ethyl adjacent to an activating group) is 1. The average molecular weight is 356 g/mol. The predicted octanol–water partition coefficient (Wildman–Crippen LogP) is 2.67. The number of rotatable bonds is 6. The van der Waals surface area contributed by atoms with Gasteiger partial charge in [-0.3, -0.25) is 4.79 Å². The first-order chi connectivity index (χ1) is 12.0. The molecule has 0 spiro atoms. The van der Waals surface area contributed by atoms with Crippen LogP contribution in [0.4, 0.5) is 5.69 Å². The van der Waals surface area contributed by atoms with Crippen LogP contribution in [0.15, 0.2) is 46.4 Å². The van der Waals surface area contributed by atoms with Crippen LogP contribution in [-0.4, -0.2) is 24.5 Å². The van der Waals surface area contributed by atoms with Crippen molar-refractivity contribution >= 4 is 22.9 Å². The molecule has 0 fully saturated rings. The lowest BCUT2D eigenvalue weighted by atomic mass is 10.1. The second-order valence-corrected chi connectivity index (χ2v) is 7.18. The molecule has 6 heteroatoms. The third-order valence-electron chi connectivity index (χ3n) is 4.11. The van der Waals surface area contributed by atoms with Crippen molar-refractivity contribution in [3.05, 3.63) is 58.8 Å². The number of quaternary nitrogens is 1. The molecule has 0 saturated carbocycles. The van der Waals surface area contributed by atoms with E-state index in [1.54, 1.807) is 17.6 Å². The van der Waals surface area contributed by atoms with Gasteiger partial charge in [-0.05, 0) is 42.5 Å². The molecule has 2 aromatic heterocycles. The number of oxazole rings is 1. The van der Waals surface area contributed by atoms with E-state index in [1.807, 2.05) is 56.6 Å². The lowest BCUT2D eigenvalue weighted by molar-refractivity contribution is -0.885. The Morgan fingerprint density at radius 1 is 1.28 bits per heavy atom. The van der Waals surface area contributed by atoms with Gasteiger partial charge in [0.15, 0.2) is 6.54 Å². The van der Waals surface area contributed by atoms with E-state index >= 15 is 0 Å². The van der Waals surface area contributed by atoms with E-state index in [-0.39, 0.29) is 5.91 Å². The Kier molecular flexibility index (Phi) is 5.31. The highest BCUT2D eigenvalue weighted by molar-refractivity contribution is 7.13. The maximum Gasteiger partial charge on any atom is 0.279 e. The lowest BCUT2D eigenvalue weighted by Gasteiger charge is -2.14. The fourth-order valence-corrected chi connectivity index (χ4v) is 3.28. The number of nitrogens with one attached hydrogen (secondary N) is 2. The topological polar surface area (TPSA) is 59.6 Å². The van der Waals surface area contributed by atoms with Gasteiger partial charge in [-0.1, -0.05) is 18.2 Å². The molecule has 0 saturated heterocycles. The zero-order valence-electron chi connectivity index (χ0n) is 14.6. The largest absolute Gasteiger partial charge is 0.443 e. The van der Waals surface area contributed by atoms with Gasteiger partial charge in [0.05, 0.1) is 11.9 Å². The first kappa shape index (κ1) is 17.4. The second kappa shape index (κ2) is 7.63. The standard InChI is InChI=1S/C19H21N3O2S/c1-13-6-4-7-16(14(13)2)21-18(23)11-22(3)10-15-12-24-19(20-15)17-8-5-9-25-17/h4-9,12H,10-11H2,1-3H3,(H,21,23)/p+1. The maximum atomic E-state index is 12.3. The average Bonchev–Trinajstić information content (AvgIpc) is 3.22. The van der Waals surface area contributed by atoms with E-state index in [0.29, 0.717) is 19.0 Å². The zero-order chi connectivity index (χ0) is 17.8. The van der Waals surface area contributed by atoms with Crippen LogP contribution in [-0.2, 0) is 11.3 Å². The van der Waals surface area contributed by atoms with Gasteiger partial charge < -0.3 is 14.6 Å². The van der Waals surface area contributed by atoms with Crippen LogP contribution in [0.25, 0.3) is 10.8 Å². The summed E-state index contributed by atoms with van der Waals surface area (Å²) in [5.74, 6) is 0.630. The second-order valence-electron chi connectivity index (χ2n) is 6.23. The van der Waals surface area contributed by atoms with Gasteiger partial charge in [-0.15, -0.1) is 11.3 Å². The molecular formula is C19H22N3O2S+. The van der Waals surface area contributed by atoms with Crippen molar-refractivity contribution in [1.82, 2.24) is 4.98 Å². The number of thiophene rings is 1. The van der Waals surface area contributed by atoms with Gasteiger partial charge in [-0.25, -0.2) is 4.98 Å². The minimum absolute atomic E-state index is 0.00632. The van der Waals surface area contributed by atoms with Crippen molar-refractivity contribution in [3.8, 4) is 10.8 Å². The highest BCUT2D eigenvalue weighted by Crippen LogP contribution is 2.23. The summed E-state index contributed by atoms with van der Waals surface area (Å²) >= 11 is 1.60.